The second-order valence-electron chi connectivity index (χ2n) is 4.71. The predicted molar refractivity (Wildman–Crippen MR) is 75.4 cm³/mol. The lowest BCUT2D eigenvalue weighted by molar-refractivity contribution is 0.290. The van der Waals surface area contributed by atoms with E-state index in [-0.39, 0.29) is 0 Å². The maximum atomic E-state index is 6.05. The molecule has 0 fully saturated rings. The summed E-state index contributed by atoms with van der Waals surface area (Å²) >= 11 is 11.8. The molecule has 2 aromatic rings. The van der Waals surface area contributed by atoms with Crippen LogP contribution in [0.5, 0.6) is 0 Å². The summed E-state index contributed by atoms with van der Waals surface area (Å²) in [5, 5.41) is 4.98. The fourth-order valence-electron chi connectivity index (χ4n) is 1.54. The molecule has 102 valence electrons. The Labute approximate surface area is 121 Å². The SMILES string of the molecule is CCC(C)(N)c1nc(Cc2ccc(Cl)c(Cl)c2)no1. The molecular formula is C13H15Cl2N3O. The number of halogens is 2. The Balaban J connectivity index is 2.18. The maximum Gasteiger partial charge on any atom is 0.246 e. The molecule has 2 rings (SSSR count). The first-order valence-electron chi connectivity index (χ1n) is 5.98. The molecule has 1 unspecified atom stereocenters. The zero-order valence-electron chi connectivity index (χ0n) is 10.8. The summed E-state index contributed by atoms with van der Waals surface area (Å²) in [6.45, 7) is 3.84. The van der Waals surface area contributed by atoms with Crippen LogP contribution in [0, 0.1) is 0 Å². The van der Waals surface area contributed by atoms with E-state index in [1.54, 1.807) is 12.1 Å². The summed E-state index contributed by atoms with van der Waals surface area (Å²) in [4.78, 5) is 4.32. The molecule has 0 amide bonds. The monoisotopic (exact) mass is 299 g/mol. The van der Waals surface area contributed by atoms with Gasteiger partial charge in [-0.25, -0.2) is 0 Å². The van der Waals surface area contributed by atoms with Crippen molar-refractivity contribution in [2.24, 2.45) is 5.73 Å². The van der Waals surface area contributed by atoms with Crippen LogP contribution in [-0.4, -0.2) is 10.1 Å². The first-order valence-corrected chi connectivity index (χ1v) is 6.74. The fourth-order valence-corrected chi connectivity index (χ4v) is 1.86. The number of aromatic nitrogens is 2. The lowest BCUT2D eigenvalue weighted by Gasteiger charge is -2.16. The normalized spacial score (nSPS) is 14.4. The molecule has 0 saturated heterocycles. The Hall–Kier alpha value is -1.10. The Morgan fingerprint density at radius 1 is 1.32 bits per heavy atom. The van der Waals surface area contributed by atoms with Crippen molar-refractivity contribution in [1.82, 2.24) is 10.1 Å². The molecule has 0 bridgehead atoms. The molecule has 0 saturated carbocycles. The smallest absolute Gasteiger partial charge is 0.246 e. The molecule has 1 heterocycles. The number of benzene rings is 1. The third kappa shape index (κ3) is 3.26. The third-order valence-electron chi connectivity index (χ3n) is 3.04. The van der Waals surface area contributed by atoms with Crippen LogP contribution in [0.25, 0.3) is 0 Å². The minimum absolute atomic E-state index is 0.449. The molecule has 4 nitrogen and oxygen atoms in total. The van der Waals surface area contributed by atoms with Crippen molar-refractivity contribution in [2.75, 3.05) is 0 Å². The Bertz CT molecular complexity index is 581. The lowest BCUT2D eigenvalue weighted by Crippen LogP contribution is -2.32. The second-order valence-corrected chi connectivity index (χ2v) is 5.53. The molecule has 0 spiro atoms. The zero-order valence-corrected chi connectivity index (χ0v) is 12.3. The summed E-state index contributed by atoms with van der Waals surface area (Å²) in [6.07, 6.45) is 1.25. The number of rotatable bonds is 4. The van der Waals surface area contributed by atoms with Crippen LogP contribution in [0.1, 0.15) is 37.5 Å². The molecule has 0 aliphatic rings. The van der Waals surface area contributed by atoms with Gasteiger partial charge < -0.3 is 10.3 Å². The average molecular weight is 300 g/mol. The van der Waals surface area contributed by atoms with E-state index in [1.807, 2.05) is 19.9 Å². The molecule has 0 radical (unpaired) electrons. The first-order chi connectivity index (χ1) is 8.92. The summed E-state index contributed by atoms with van der Waals surface area (Å²) in [5.41, 5.74) is 6.43. The minimum atomic E-state index is -0.594. The molecule has 2 N–H and O–H groups in total. The summed E-state index contributed by atoms with van der Waals surface area (Å²) < 4.78 is 5.20. The van der Waals surface area contributed by atoms with E-state index in [2.05, 4.69) is 10.1 Å². The Kier molecular flexibility index (Phi) is 4.13. The van der Waals surface area contributed by atoms with Crippen molar-refractivity contribution in [3.8, 4) is 0 Å². The van der Waals surface area contributed by atoms with Crippen LogP contribution in [0.2, 0.25) is 10.0 Å². The van der Waals surface area contributed by atoms with Crippen molar-refractivity contribution < 1.29 is 4.52 Å². The summed E-state index contributed by atoms with van der Waals surface area (Å²) in [5.74, 6) is 1.03. The average Bonchev–Trinajstić information content (AvgIpc) is 2.83. The van der Waals surface area contributed by atoms with Gasteiger partial charge in [-0.1, -0.05) is 41.3 Å². The van der Waals surface area contributed by atoms with Gasteiger partial charge in [0.1, 0.15) is 0 Å². The summed E-state index contributed by atoms with van der Waals surface area (Å²) in [7, 11) is 0. The largest absolute Gasteiger partial charge is 0.337 e. The van der Waals surface area contributed by atoms with E-state index in [4.69, 9.17) is 33.5 Å². The number of hydrogen-bond acceptors (Lipinski definition) is 4. The standard InChI is InChI=1S/C13H15Cl2N3O/c1-3-13(2,16)12-17-11(18-19-12)7-8-4-5-9(14)10(15)6-8/h4-6H,3,7,16H2,1-2H3. The van der Waals surface area contributed by atoms with E-state index >= 15 is 0 Å². The van der Waals surface area contributed by atoms with E-state index in [0.717, 1.165) is 12.0 Å². The molecule has 6 heteroatoms. The predicted octanol–water partition coefficient (Wildman–Crippen LogP) is 3.55. The quantitative estimate of drug-likeness (QED) is 0.937. The van der Waals surface area contributed by atoms with Gasteiger partial charge in [0.25, 0.3) is 0 Å². The van der Waals surface area contributed by atoms with Gasteiger partial charge >= 0.3 is 0 Å². The van der Waals surface area contributed by atoms with Crippen LogP contribution < -0.4 is 5.73 Å². The molecule has 1 aromatic carbocycles. The van der Waals surface area contributed by atoms with Crippen molar-refractivity contribution in [3.63, 3.8) is 0 Å². The van der Waals surface area contributed by atoms with Crippen molar-refractivity contribution in [1.29, 1.82) is 0 Å². The van der Waals surface area contributed by atoms with Gasteiger partial charge in [-0.2, -0.15) is 4.98 Å². The molecule has 19 heavy (non-hydrogen) atoms. The highest BCUT2D eigenvalue weighted by atomic mass is 35.5. The summed E-state index contributed by atoms with van der Waals surface area (Å²) in [6, 6.07) is 5.42. The highest BCUT2D eigenvalue weighted by Crippen LogP contribution is 2.24. The third-order valence-corrected chi connectivity index (χ3v) is 3.78. The number of hydrogen-bond donors (Lipinski definition) is 1. The lowest BCUT2D eigenvalue weighted by atomic mass is 10.0. The van der Waals surface area contributed by atoms with Gasteiger partial charge in [0, 0.05) is 6.42 Å². The van der Waals surface area contributed by atoms with Gasteiger partial charge in [-0.15, -0.1) is 0 Å². The highest BCUT2D eigenvalue weighted by Gasteiger charge is 2.26. The number of nitrogens with two attached hydrogens (primary N) is 1. The van der Waals surface area contributed by atoms with Gasteiger partial charge in [0.15, 0.2) is 5.82 Å². The van der Waals surface area contributed by atoms with Crippen LogP contribution in [0.4, 0.5) is 0 Å². The van der Waals surface area contributed by atoms with E-state index in [0.29, 0.717) is 28.2 Å². The minimum Gasteiger partial charge on any atom is -0.337 e. The van der Waals surface area contributed by atoms with Crippen molar-refractivity contribution in [2.45, 2.75) is 32.2 Å². The Morgan fingerprint density at radius 2 is 2.05 bits per heavy atom. The number of nitrogens with zero attached hydrogens (tertiary/aromatic N) is 2. The van der Waals surface area contributed by atoms with Crippen LogP contribution in [-0.2, 0) is 12.0 Å². The zero-order chi connectivity index (χ0) is 14.0. The van der Waals surface area contributed by atoms with Gasteiger partial charge in [0.05, 0.1) is 15.6 Å². The topological polar surface area (TPSA) is 64.9 Å². The molecular weight excluding hydrogens is 285 g/mol. The maximum absolute atomic E-state index is 6.05. The van der Waals surface area contributed by atoms with Gasteiger partial charge in [-0.3, -0.25) is 0 Å². The molecule has 1 aromatic heterocycles. The van der Waals surface area contributed by atoms with Crippen LogP contribution >= 0.6 is 23.2 Å². The fraction of sp³-hybridized carbons (Fsp3) is 0.385. The Morgan fingerprint density at radius 3 is 2.68 bits per heavy atom. The van der Waals surface area contributed by atoms with E-state index in [9.17, 15) is 0 Å². The van der Waals surface area contributed by atoms with E-state index in [1.165, 1.54) is 0 Å². The molecule has 0 aliphatic heterocycles. The van der Waals surface area contributed by atoms with Gasteiger partial charge in [0.2, 0.25) is 5.89 Å². The van der Waals surface area contributed by atoms with Crippen LogP contribution in [0.15, 0.2) is 22.7 Å². The van der Waals surface area contributed by atoms with Gasteiger partial charge in [-0.05, 0) is 31.0 Å². The highest BCUT2D eigenvalue weighted by molar-refractivity contribution is 6.42. The van der Waals surface area contributed by atoms with E-state index < -0.39 is 5.54 Å². The molecule has 1 atom stereocenters. The van der Waals surface area contributed by atoms with Crippen molar-refractivity contribution >= 4 is 23.2 Å². The second kappa shape index (κ2) is 5.49. The molecule has 0 aliphatic carbocycles. The van der Waals surface area contributed by atoms with Crippen molar-refractivity contribution in [3.05, 3.63) is 45.5 Å². The first kappa shape index (κ1) is 14.3. The van der Waals surface area contributed by atoms with Crippen LogP contribution in [0.3, 0.4) is 0 Å².